The van der Waals surface area contributed by atoms with Gasteiger partial charge in [-0.15, -0.1) is 0 Å². The minimum atomic E-state index is -4.71. The van der Waals surface area contributed by atoms with Crippen molar-refractivity contribution in [3.63, 3.8) is 0 Å². The number of halogens is 5. The Bertz CT molecular complexity index is 948. The van der Waals surface area contributed by atoms with Crippen LogP contribution in [0.4, 0.5) is 13.2 Å². The fourth-order valence-electron chi connectivity index (χ4n) is 3.77. The Labute approximate surface area is 182 Å². The molecule has 1 amide bonds. The van der Waals surface area contributed by atoms with E-state index in [0.29, 0.717) is 23.2 Å². The van der Waals surface area contributed by atoms with Crippen molar-refractivity contribution in [2.24, 2.45) is 0 Å². The Morgan fingerprint density at radius 1 is 1.23 bits per heavy atom. The normalized spacial score (nSPS) is 22.3. The highest BCUT2D eigenvalue weighted by Gasteiger charge is 2.63. The van der Waals surface area contributed by atoms with E-state index >= 15 is 0 Å². The van der Waals surface area contributed by atoms with Crippen LogP contribution < -0.4 is 5.32 Å². The second kappa shape index (κ2) is 8.38. The van der Waals surface area contributed by atoms with Gasteiger partial charge in [0, 0.05) is 35.6 Å². The molecule has 1 N–H and O–H groups in total. The van der Waals surface area contributed by atoms with E-state index < -0.39 is 17.8 Å². The van der Waals surface area contributed by atoms with Crippen LogP contribution in [0.5, 0.6) is 0 Å². The summed E-state index contributed by atoms with van der Waals surface area (Å²) in [4.78, 5) is 17.6. The fraction of sp³-hybridized carbons (Fsp3) is 0.381. The SMILES string of the molecule is CCNC(=O)c1ccc(C2CC(c3cc(Cl)cc(Cl)c3)(C(F)(F)F)ON2C)cc1C. The molecule has 0 spiro atoms. The third-order valence-corrected chi connectivity index (χ3v) is 5.66. The van der Waals surface area contributed by atoms with E-state index in [4.69, 9.17) is 28.0 Å². The van der Waals surface area contributed by atoms with Crippen LogP contribution in [0.25, 0.3) is 0 Å². The molecule has 0 saturated carbocycles. The molecular formula is C21H21Cl2F3N2O2. The molecular weight excluding hydrogens is 440 g/mol. The highest BCUT2D eigenvalue weighted by molar-refractivity contribution is 6.34. The summed E-state index contributed by atoms with van der Waals surface area (Å²) >= 11 is 11.9. The number of hydroxylamine groups is 2. The van der Waals surface area contributed by atoms with Gasteiger partial charge in [-0.3, -0.25) is 9.63 Å². The lowest BCUT2D eigenvalue weighted by molar-refractivity contribution is -0.322. The Kier molecular flexibility index (Phi) is 6.39. The quantitative estimate of drug-likeness (QED) is 0.624. The molecule has 1 saturated heterocycles. The Hall–Kier alpha value is -1.80. The maximum absolute atomic E-state index is 14.3. The third-order valence-electron chi connectivity index (χ3n) is 5.22. The number of nitrogens with one attached hydrogen (secondary N) is 1. The molecule has 162 valence electrons. The number of amides is 1. The van der Waals surface area contributed by atoms with Gasteiger partial charge in [-0.2, -0.15) is 18.2 Å². The van der Waals surface area contributed by atoms with Crippen molar-refractivity contribution < 1.29 is 22.8 Å². The van der Waals surface area contributed by atoms with Crippen molar-refractivity contribution in [3.05, 3.63) is 68.7 Å². The molecule has 0 bridgehead atoms. The molecule has 3 rings (SSSR count). The van der Waals surface area contributed by atoms with Crippen LogP contribution in [0.15, 0.2) is 36.4 Å². The first-order valence-corrected chi connectivity index (χ1v) is 10.1. The molecule has 4 nitrogen and oxygen atoms in total. The van der Waals surface area contributed by atoms with Crippen molar-refractivity contribution in [2.75, 3.05) is 13.6 Å². The molecule has 1 aliphatic heterocycles. The minimum absolute atomic E-state index is 0.0953. The van der Waals surface area contributed by atoms with Gasteiger partial charge < -0.3 is 5.32 Å². The third kappa shape index (κ3) is 4.17. The van der Waals surface area contributed by atoms with Gasteiger partial charge in [0.05, 0.1) is 6.04 Å². The standard InChI is InChI=1S/C21H21Cl2F3N2O2/c1-4-27-19(29)17-6-5-13(7-12(17)2)18-11-20(21(24,25)26,30-28(18)3)14-8-15(22)10-16(23)9-14/h5-10,18H,4,11H2,1-3H3,(H,27,29). The van der Waals surface area contributed by atoms with Gasteiger partial charge >= 0.3 is 6.18 Å². The predicted octanol–water partition coefficient (Wildman–Crippen LogP) is 5.82. The molecule has 30 heavy (non-hydrogen) atoms. The topological polar surface area (TPSA) is 41.6 Å². The molecule has 1 aliphatic rings. The van der Waals surface area contributed by atoms with Gasteiger partial charge in [0.1, 0.15) is 0 Å². The zero-order valence-electron chi connectivity index (χ0n) is 16.6. The van der Waals surface area contributed by atoms with E-state index in [1.165, 1.54) is 30.3 Å². The van der Waals surface area contributed by atoms with Gasteiger partial charge in [-0.25, -0.2) is 0 Å². The maximum atomic E-state index is 14.3. The first-order valence-electron chi connectivity index (χ1n) is 9.32. The molecule has 2 unspecified atom stereocenters. The molecule has 9 heteroatoms. The molecule has 0 radical (unpaired) electrons. The van der Waals surface area contributed by atoms with E-state index in [0.717, 1.165) is 0 Å². The van der Waals surface area contributed by atoms with Crippen LogP contribution in [0.3, 0.4) is 0 Å². The molecule has 2 aromatic carbocycles. The van der Waals surface area contributed by atoms with Crippen molar-refractivity contribution in [3.8, 4) is 0 Å². The van der Waals surface area contributed by atoms with Crippen LogP contribution in [-0.2, 0) is 10.4 Å². The summed E-state index contributed by atoms with van der Waals surface area (Å²) in [6.07, 6.45) is -5.09. The number of benzene rings is 2. The van der Waals surface area contributed by atoms with Gasteiger partial charge in [-0.05, 0) is 54.8 Å². The van der Waals surface area contributed by atoms with Gasteiger partial charge in [-0.1, -0.05) is 35.3 Å². The summed E-state index contributed by atoms with van der Waals surface area (Å²) in [5.41, 5.74) is -0.986. The number of rotatable bonds is 4. The molecule has 1 heterocycles. The van der Waals surface area contributed by atoms with Crippen molar-refractivity contribution in [1.29, 1.82) is 0 Å². The first-order chi connectivity index (χ1) is 14.0. The van der Waals surface area contributed by atoms with Crippen LogP contribution in [-0.4, -0.2) is 30.7 Å². The minimum Gasteiger partial charge on any atom is -0.352 e. The summed E-state index contributed by atoms with van der Waals surface area (Å²) in [7, 11) is 1.46. The number of alkyl halides is 3. The van der Waals surface area contributed by atoms with Gasteiger partial charge in [0.15, 0.2) is 0 Å². The monoisotopic (exact) mass is 460 g/mol. The number of carbonyl (C=O) groups excluding carboxylic acids is 1. The average molecular weight is 461 g/mol. The smallest absolute Gasteiger partial charge is 0.352 e. The molecule has 2 aromatic rings. The number of aryl methyl sites for hydroxylation is 1. The molecule has 0 aromatic heterocycles. The highest BCUT2D eigenvalue weighted by Crippen LogP contribution is 2.54. The number of hydrogen-bond donors (Lipinski definition) is 1. The zero-order valence-corrected chi connectivity index (χ0v) is 18.1. The molecule has 1 fully saturated rings. The van der Waals surface area contributed by atoms with Crippen LogP contribution in [0, 0.1) is 6.92 Å². The first kappa shape index (κ1) is 22.9. The van der Waals surface area contributed by atoms with E-state index in [9.17, 15) is 18.0 Å². The van der Waals surface area contributed by atoms with E-state index in [-0.39, 0.29) is 27.9 Å². The van der Waals surface area contributed by atoms with Gasteiger partial charge in [0.2, 0.25) is 5.60 Å². The largest absolute Gasteiger partial charge is 0.423 e. The molecule has 0 aliphatic carbocycles. The average Bonchev–Trinajstić information content (AvgIpc) is 2.99. The lowest BCUT2D eigenvalue weighted by atomic mass is 9.85. The second-order valence-electron chi connectivity index (χ2n) is 7.27. The zero-order chi connectivity index (χ0) is 22.3. The maximum Gasteiger partial charge on any atom is 0.423 e. The number of carbonyl (C=O) groups is 1. The van der Waals surface area contributed by atoms with Crippen LogP contribution in [0.1, 0.15) is 46.4 Å². The Morgan fingerprint density at radius 3 is 2.40 bits per heavy atom. The van der Waals surface area contributed by atoms with Crippen LogP contribution >= 0.6 is 23.2 Å². The van der Waals surface area contributed by atoms with Crippen LogP contribution in [0.2, 0.25) is 10.0 Å². The second-order valence-corrected chi connectivity index (χ2v) is 8.15. The van der Waals surface area contributed by atoms with Crippen molar-refractivity contribution in [2.45, 2.75) is 38.1 Å². The summed E-state index contributed by atoms with van der Waals surface area (Å²) in [5, 5.41) is 4.11. The predicted molar refractivity (Wildman–Crippen MR) is 110 cm³/mol. The van der Waals surface area contributed by atoms with E-state index in [1.807, 2.05) is 6.92 Å². The number of hydrogen-bond acceptors (Lipinski definition) is 3. The van der Waals surface area contributed by atoms with E-state index in [2.05, 4.69) is 5.32 Å². The molecule has 2 atom stereocenters. The summed E-state index contributed by atoms with van der Waals surface area (Å²) in [6.45, 7) is 4.04. The van der Waals surface area contributed by atoms with Gasteiger partial charge in [0.25, 0.3) is 5.91 Å². The summed E-state index contributed by atoms with van der Waals surface area (Å²) in [6, 6.07) is 8.11. The fourth-order valence-corrected chi connectivity index (χ4v) is 4.29. The summed E-state index contributed by atoms with van der Waals surface area (Å²) in [5.74, 6) is -0.226. The van der Waals surface area contributed by atoms with Crippen molar-refractivity contribution in [1.82, 2.24) is 10.4 Å². The van der Waals surface area contributed by atoms with E-state index in [1.54, 1.807) is 25.1 Å². The lowest BCUT2D eigenvalue weighted by Gasteiger charge is -2.31. The highest BCUT2D eigenvalue weighted by atomic mass is 35.5. The Morgan fingerprint density at radius 2 is 1.87 bits per heavy atom. The lowest BCUT2D eigenvalue weighted by Crippen LogP contribution is -2.42. The van der Waals surface area contributed by atoms with Crippen molar-refractivity contribution >= 4 is 29.1 Å². The Balaban J connectivity index is 2.01. The number of nitrogens with zero attached hydrogens (tertiary/aromatic N) is 1. The summed E-state index contributed by atoms with van der Waals surface area (Å²) < 4.78 is 42.8.